The van der Waals surface area contributed by atoms with Gasteiger partial charge in [-0.2, -0.15) is 18.3 Å². The van der Waals surface area contributed by atoms with Crippen molar-refractivity contribution >= 4 is 5.97 Å². The number of rotatable bonds is 2. The van der Waals surface area contributed by atoms with E-state index in [4.69, 9.17) is 9.15 Å². The Morgan fingerprint density at radius 2 is 2.22 bits per heavy atom. The molecule has 0 radical (unpaired) electrons. The summed E-state index contributed by atoms with van der Waals surface area (Å²) in [6.07, 6.45) is -3.34. The van der Waals surface area contributed by atoms with Crippen molar-refractivity contribution in [3.63, 3.8) is 0 Å². The summed E-state index contributed by atoms with van der Waals surface area (Å²) in [6, 6.07) is 3.44. The highest BCUT2D eigenvalue weighted by atomic mass is 19.4. The molecule has 2 aromatic rings. The van der Waals surface area contributed by atoms with Gasteiger partial charge in [-0.25, -0.2) is 9.48 Å². The third-order valence-electron chi connectivity index (χ3n) is 2.05. The van der Waals surface area contributed by atoms with Crippen LogP contribution in [0.3, 0.4) is 0 Å². The van der Waals surface area contributed by atoms with Gasteiger partial charge in [-0.05, 0) is 12.1 Å². The molecule has 0 aliphatic rings. The van der Waals surface area contributed by atoms with Crippen LogP contribution in [0.2, 0.25) is 0 Å². The first-order chi connectivity index (χ1) is 8.38. The van der Waals surface area contributed by atoms with Crippen molar-refractivity contribution in [2.75, 3.05) is 0 Å². The van der Waals surface area contributed by atoms with Crippen molar-refractivity contribution in [2.45, 2.75) is 6.18 Å². The smallest absolute Gasteiger partial charge is 0.435 e. The monoisotopic (exact) mass is 260 g/mol. The quantitative estimate of drug-likeness (QED) is 0.777. The van der Waals surface area contributed by atoms with Crippen LogP contribution >= 0.6 is 0 Å². The van der Waals surface area contributed by atoms with Crippen LogP contribution in [0.5, 0.6) is 5.88 Å². The molecule has 0 saturated heterocycles. The van der Waals surface area contributed by atoms with Crippen LogP contribution in [-0.4, -0.2) is 15.7 Å². The van der Waals surface area contributed by atoms with Crippen LogP contribution in [0.4, 0.5) is 13.2 Å². The highest BCUT2D eigenvalue weighted by Gasteiger charge is 2.35. The highest BCUT2D eigenvalue weighted by molar-refractivity contribution is 5.87. The van der Waals surface area contributed by atoms with E-state index in [2.05, 4.69) is 5.10 Å². The van der Waals surface area contributed by atoms with Gasteiger partial charge in [0.05, 0.1) is 6.26 Å². The number of nitrogens with zero attached hydrogens (tertiary/aromatic N) is 2. The fourth-order valence-electron chi connectivity index (χ4n) is 1.22. The van der Waals surface area contributed by atoms with E-state index >= 15 is 0 Å². The molecule has 2 rings (SSSR count). The zero-order valence-electron chi connectivity index (χ0n) is 9.06. The molecule has 0 bridgehead atoms. The lowest BCUT2D eigenvalue weighted by atomic mass is 10.4. The first-order valence-corrected chi connectivity index (χ1v) is 4.75. The van der Waals surface area contributed by atoms with Crippen molar-refractivity contribution < 1.29 is 27.1 Å². The molecular weight excluding hydrogens is 253 g/mol. The van der Waals surface area contributed by atoms with Crippen molar-refractivity contribution in [1.29, 1.82) is 0 Å². The molecule has 0 aliphatic carbocycles. The summed E-state index contributed by atoms with van der Waals surface area (Å²) >= 11 is 0. The number of aryl methyl sites for hydroxylation is 1. The Morgan fingerprint density at radius 1 is 1.50 bits per heavy atom. The second-order valence-corrected chi connectivity index (χ2v) is 3.36. The third kappa shape index (κ3) is 2.36. The number of carbonyl (C=O) groups is 1. The van der Waals surface area contributed by atoms with Crippen molar-refractivity contribution in [1.82, 2.24) is 9.78 Å². The molecule has 0 atom stereocenters. The fourth-order valence-corrected chi connectivity index (χ4v) is 1.22. The Labute approximate surface area is 98.8 Å². The average molecular weight is 260 g/mol. The van der Waals surface area contributed by atoms with Gasteiger partial charge in [0, 0.05) is 13.1 Å². The van der Waals surface area contributed by atoms with E-state index in [-0.39, 0.29) is 11.6 Å². The number of halogens is 3. The van der Waals surface area contributed by atoms with E-state index in [9.17, 15) is 18.0 Å². The fraction of sp³-hybridized carbons (Fsp3) is 0.200. The van der Waals surface area contributed by atoms with Gasteiger partial charge in [-0.1, -0.05) is 0 Å². The zero-order valence-corrected chi connectivity index (χ0v) is 9.06. The number of furan rings is 1. The zero-order chi connectivity index (χ0) is 13.3. The molecule has 2 heterocycles. The number of esters is 1. The Bertz CT molecular complexity index is 557. The first kappa shape index (κ1) is 12.2. The topological polar surface area (TPSA) is 57.3 Å². The number of ether oxygens (including phenoxy) is 1. The lowest BCUT2D eigenvalue weighted by Crippen LogP contribution is -2.10. The summed E-state index contributed by atoms with van der Waals surface area (Å²) in [5.41, 5.74) is -1.13. The minimum absolute atomic E-state index is 0.107. The van der Waals surface area contributed by atoms with Gasteiger partial charge in [0.15, 0.2) is 5.69 Å². The number of alkyl halides is 3. The molecular formula is C10H7F3N2O3. The van der Waals surface area contributed by atoms with Gasteiger partial charge < -0.3 is 9.15 Å². The van der Waals surface area contributed by atoms with Crippen molar-refractivity contribution in [3.8, 4) is 5.88 Å². The maximum atomic E-state index is 12.4. The van der Waals surface area contributed by atoms with E-state index in [0.717, 1.165) is 4.68 Å². The molecule has 0 amide bonds. The normalized spacial score (nSPS) is 11.6. The Kier molecular flexibility index (Phi) is 2.85. The molecule has 2 aromatic heterocycles. The summed E-state index contributed by atoms with van der Waals surface area (Å²) < 4.78 is 47.4. The number of carbonyl (C=O) groups excluding carboxylic acids is 1. The van der Waals surface area contributed by atoms with Gasteiger partial charge in [0.1, 0.15) is 0 Å². The van der Waals surface area contributed by atoms with E-state index in [0.29, 0.717) is 6.07 Å². The number of hydrogen-bond donors (Lipinski definition) is 0. The summed E-state index contributed by atoms with van der Waals surface area (Å²) in [4.78, 5) is 11.4. The molecule has 0 N–H and O–H groups in total. The van der Waals surface area contributed by atoms with Crippen molar-refractivity contribution in [3.05, 3.63) is 35.9 Å². The van der Waals surface area contributed by atoms with E-state index in [1.54, 1.807) is 0 Å². The average Bonchev–Trinajstić information content (AvgIpc) is 2.87. The van der Waals surface area contributed by atoms with Gasteiger partial charge in [0.2, 0.25) is 11.6 Å². The van der Waals surface area contributed by atoms with E-state index in [1.807, 2.05) is 0 Å². The minimum atomic E-state index is -4.59. The maximum absolute atomic E-state index is 12.4. The highest BCUT2D eigenvalue weighted by Crippen LogP contribution is 2.30. The van der Waals surface area contributed by atoms with Crippen LogP contribution < -0.4 is 4.74 Å². The molecule has 0 aromatic carbocycles. The van der Waals surface area contributed by atoms with Crippen LogP contribution in [0, 0.1) is 0 Å². The van der Waals surface area contributed by atoms with E-state index < -0.39 is 17.8 Å². The van der Waals surface area contributed by atoms with Crippen LogP contribution in [0.15, 0.2) is 28.9 Å². The summed E-state index contributed by atoms with van der Waals surface area (Å²) in [5, 5.41) is 3.20. The molecule has 96 valence electrons. The summed E-state index contributed by atoms with van der Waals surface area (Å²) in [6.45, 7) is 0. The first-order valence-electron chi connectivity index (χ1n) is 4.75. The lowest BCUT2D eigenvalue weighted by molar-refractivity contribution is -0.141. The number of aromatic nitrogens is 2. The molecule has 18 heavy (non-hydrogen) atoms. The summed E-state index contributed by atoms with van der Waals surface area (Å²) in [7, 11) is 1.24. The predicted molar refractivity (Wildman–Crippen MR) is 51.9 cm³/mol. The molecule has 0 unspecified atom stereocenters. The summed E-state index contributed by atoms with van der Waals surface area (Å²) in [5.74, 6) is -1.31. The second-order valence-electron chi connectivity index (χ2n) is 3.36. The maximum Gasteiger partial charge on any atom is 0.435 e. The van der Waals surface area contributed by atoms with Crippen LogP contribution in [0.1, 0.15) is 16.2 Å². The molecule has 0 fully saturated rings. The third-order valence-corrected chi connectivity index (χ3v) is 2.05. The Morgan fingerprint density at radius 3 is 2.72 bits per heavy atom. The number of hydrogen-bond acceptors (Lipinski definition) is 4. The minimum Gasteiger partial charge on any atom is -0.457 e. The van der Waals surface area contributed by atoms with Crippen LogP contribution in [-0.2, 0) is 13.2 Å². The molecule has 0 aliphatic heterocycles. The van der Waals surface area contributed by atoms with Gasteiger partial charge in [-0.3, -0.25) is 0 Å². The van der Waals surface area contributed by atoms with Gasteiger partial charge in [0.25, 0.3) is 0 Å². The standard InChI is InChI=1S/C10H7F3N2O3/c1-15-8(5-7(14-15)10(11,12)13)18-9(16)6-3-2-4-17-6/h2-5H,1H3. The Balaban J connectivity index is 2.20. The van der Waals surface area contributed by atoms with Crippen molar-refractivity contribution in [2.24, 2.45) is 7.05 Å². The molecule has 5 nitrogen and oxygen atoms in total. The van der Waals surface area contributed by atoms with Gasteiger partial charge >= 0.3 is 12.1 Å². The van der Waals surface area contributed by atoms with E-state index in [1.165, 1.54) is 25.4 Å². The SMILES string of the molecule is Cn1nc(C(F)(F)F)cc1OC(=O)c1ccco1. The predicted octanol–water partition coefficient (Wildman–Crippen LogP) is 2.25. The van der Waals surface area contributed by atoms with Crippen LogP contribution in [0.25, 0.3) is 0 Å². The largest absolute Gasteiger partial charge is 0.457 e. The lowest BCUT2D eigenvalue weighted by Gasteiger charge is -2.00. The molecule has 0 saturated carbocycles. The molecule has 0 spiro atoms. The Hall–Kier alpha value is -2.25. The second kappa shape index (κ2) is 4.21. The molecule has 8 heteroatoms. The van der Waals surface area contributed by atoms with Gasteiger partial charge in [-0.15, -0.1) is 0 Å².